The van der Waals surface area contributed by atoms with Gasteiger partial charge in [0.15, 0.2) is 0 Å². The molecule has 6 nitrogen and oxygen atoms in total. The van der Waals surface area contributed by atoms with Gasteiger partial charge in [-0.3, -0.25) is 14.5 Å². The summed E-state index contributed by atoms with van der Waals surface area (Å²) in [6.07, 6.45) is 0.659. The summed E-state index contributed by atoms with van der Waals surface area (Å²) in [6.45, 7) is 3.28. The summed E-state index contributed by atoms with van der Waals surface area (Å²) in [5.74, 6) is -1.63. The van der Waals surface area contributed by atoms with Crippen LogP contribution in [0.25, 0.3) is 0 Å². The van der Waals surface area contributed by atoms with Crippen LogP contribution in [0, 0.1) is 5.82 Å². The molecule has 154 valence electrons. The van der Waals surface area contributed by atoms with Gasteiger partial charge >= 0.3 is 11.8 Å². The molecule has 1 aliphatic heterocycles. The molecular weight excluding hydrogens is 373 g/mol. The summed E-state index contributed by atoms with van der Waals surface area (Å²) in [7, 11) is 0. The van der Waals surface area contributed by atoms with Crippen molar-refractivity contribution in [2.45, 2.75) is 12.5 Å². The number of carbonyl (C=O) groups excluding carboxylic acids is 2. The molecule has 1 unspecified atom stereocenters. The van der Waals surface area contributed by atoms with E-state index in [2.05, 4.69) is 15.5 Å². The lowest BCUT2D eigenvalue weighted by molar-refractivity contribution is -0.139. The normalized spacial score (nSPS) is 15.5. The molecule has 1 fully saturated rings. The van der Waals surface area contributed by atoms with Crippen molar-refractivity contribution < 1.29 is 18.7 Å². The highest BCUT2D eigenvalue weighted by atomic mass is 19.1. The molecule has 2 amide bonds. The fourth-order valence-corrected chi connectivity index (χ4v) is 3.35. The number of benzene rings is 2. The second-order valence-corrected chi connectivity index (χ2v) is 6.92. The molecule has 2 N–H and O–H groups in total. The Kier molecular flexibility index (Phi) is 7.72. The van der Waals surface area contributed by atoms with Crippen LogP contribution in [-0.4, -0.2) is 56.1 Å². The zero-order valence-electron chi connectivity index (χ0n) is 16.3. The molecule has 0 aromatic heterocycles. The molecule has 0 bridgehead atoms. The number of nitrogens with zero attached hydrogens (tertiary/aromatic N) is 1. The van der Waals surface area contributed by atoms with E-state index in [4.69, 9.17) is 4.74 Å². The Labute approximate surface area is 170 Å². The molecule has 0 aliphatic carbocycles. The monoisotopic (exact) mass is 399 g/mol. The van der Waals surface area contributed by atoms with Gasteiger partial charge in [-0.25, -0.2) is 4.39 Å². The van der Waals surface area contributed by atoms with Crippen LogP contribution in [0.2, 0.25) is 0 Å². The Bertz CT molecular complexity index is 793. The maximum atomic E-state index is 13.3. The number of ether oxygens (including phenoxy) is 1. The number of morpholine rings is 1. The molecule has 1 aliphatic rings. The summed E-state index contributed by atoms with van der Waals surface area (Å²) in [6, 6.07) is 15.8. The van der Waals surface area contributed by atoms with E-state index in [1.54, 1.807) is 12.1 Å². The number of amides is 2. The second kappa shape index (κ2) is 10.7. The van der Waals surface area contributed by atoms with Crippen LogP contribution in [0.3, 0.4) is 0 Å². The molecule has 1 atom stereocenters. The number of halogens is 1. The number of rotatable bonds is 7. The first-order chi connectivity index (χ1) is 14.1. The smallest absolute Gasteiger partial charge is 0.309 e. The zero-order valence-corrected chi connectivity index (χ0v) is 16.3. The SMILES string of the molecule is O=C(NCCc1ccccc1)C(=O)NCC(c1ccc(F)cc1)N1CCOCC1. The van der Waals surface area contributed by atoms with Crippen molar-refractivity contribution in [2.24, 2.45) is 0 Å². The van der Waals surface area contributed by atoms with Crippen molar-refractivity contribution in [3.8, 4) is 0 Å². The Balaban J connectivity index is 1.52. The minimum Gasteiger partial charge on any atom is -0.379 e. The van der Waals surface area contributed by atoms with E-state index in [-0.39, 0.29) is 18.4 Å². The molecule has 7 heteroatoms. The van der Waals surface area contributed by atoms with E-state index in [9.17, 15) is 14.0 Å². The maximum absolute atomic E-state index is 13.3. The van der Waals surface area contributed by atoms with Crippen molar-refractivity contribution in [3.05, 3.63) is 71.5 Å². The average molecular weight is 399 g/mol. The van der Waals surface area contributed by atoms with Crippen LogP contribution in [-0.2, 0) is 20.7 Å². The third-order valence-electron chi connectivity index (χ3n) is 4.95. The van der Waals surface area contributed by atoms with Crippen LogP contribution >= 0.6 is 0 Å². The van der Waals surface area contributed by atoms with Gasteiger partial charge in [-0.15, -0.1) is 0 Å². The van der Waals surface area contributed by atoms with Crippen molar-refractivity contribution >= 4 is 11.8 Å². The standard InChI is InChI=1S/C22H26FN3O3/c23-19-8-6-18(7-9-19)20(26-12-14-29-15-13-26)16-25-22(28)21(27)24-11-10-17-4-2-1-3-5-17/h1-9,20H,10-16H2,(H,24,27)(H,25,28). The van der Waals surface area contributed by atoms with E-state index in [1.807, 2.05) is 30.3 Å². The first-order valence-corrected chi connectivity index (χ1v) is 9.80. The van der Waals surface area contributed by atoms with Crippen LogP contribution in [0.4, 0.5) is 4.39 Å². The van der Waals surface area contributed by atoms with Crippen molar-refractivity contribution in [3.63, 3.8) is 0 Å². The first kappa shape index (κ1) is 21.0. The van der Waals surface area contributed by atoms with Crippen LogP contribution in [0.5, 0.6) is 0 Å². The molecule has 2 aromatic carbocycles. The van der Waals surface area contributed by atoms with E-state index < -0.39 is 11.8 Å². The molecular formula is C22H26FN3O3. The van der Waals surface area contributed by atoms with E-state index in [0.29, 0.717) is 39.3 Å². The molecule has 1 saturated heterocycles. The minimum atomic E-state index is -0.668. The predicted octanol–water partition coefficient (Wildman–Crippen LogP) is 1.67. The van der Waals surface area contributed by atoms with Gasteiger partial charge in [0.1, 0.15) is 5.82 Å². The van der Waals surface area contributed by atoms with Crippen molar-refractivity contribution in [1.29, 1.82) is 0 Å². The fraction of sp³-hybridized carbons (Fsp3) is 0.364. The Morgan fingerprint density at radius 2 is 1.62 bits per heavy atom. The van der Waals surface area contributed by atoms with Gasteiger partial charge in [0, 0.05) is 26.2 Å². The fourth-order valence-electron chi connectivity index (χ4n) is 3.35. The van der Waals surface area contributed by atoms with E-state index in [0.717, 1.165) is 11.1 Å². The topological polar surface area (TPSA) is 70.7 Å². The number of hydrogen-bond acceptors (Lipinski definition) is 4. The van der Waals surface area contributed by atoms with Crippen molar-refractivity contribution in [2.75, 3.05) is 39.4 Å². The highest BCUT2D eigenvalue weighted by Crippen LogP contribution is 2.21. The Morgan fingerprint density at radius 1 is 0.966 bits per heavy atom. The third kappa shape index (κ3) is 6.37. The van der Waals surface area contributed by atoms with Crippen LogP contribution < -0.4 is 10.6 Å². The summed E-state index contributed by atoms with van der Waals surface area (Å²) in [5.41, 5.74) is 1.98. The zero-order chi connectivity index (χ0) is 20.5. The molecule has 0 radical (unpaired) electrons. The quantitative estimate of drug-likeness (QED) is 0.695. The van der Waals surface area contributed by atoms with Gasteiger partial charge in [0.2, 0.25) is 0 Å². The molecule has 0 saturated carbocycles. The summed E-state index contributed by atoms with van der Waals surface area (Å²) >= 11 is 0. The highest BCUT2D eigenvalue weighted by molar-refractivity contribution is 6.35. The lowest BCUT2D eigenvalue weighted by atomic mass is 10.0. The van der Waals surface area contributed by atoms with Gasteiger partial charge in [0.05, 0.1) is 19.3 Å². The van der Waals surface area contributed by atoms with Crippen LogP contribution in [0.15, 0.2) is 54.6 Å². The Hall–Kier alpha value is -2.77. The third-order valence-corrected chi connectivity index (χ3v) is 4.95. The maximum Gasteiger partial charge on any atom is 0.309 e. The highest BCUT2D eigenvalue weighted by Gasteiger charge is 2.24. The number of hydrogen-bond donors (Lipinski definition) is 2. The van der Waals surface area contributed by atoms with Crippen LogP contribution in [0.1, 0.15) is 17.2 Å². The summed E-state index contributed by atoms with van der Waals surface area (Å²) in [4.78, 5) is 26.5. The first-order valence-electron chi connectivity index (χ1n) is 9.80. The molecule has 29 heavy (non-hydrogen) atoms. The largest absolute Gasteiger partial charge is 0.379 e. The Morgan fingerprint density at radius 3 is 2.31 bits per heavy atom. The van der Waals surface area contributed by atoms with Gasteiger partial charge in [-0.05, 0) is 29.7 Å². The van der Waals surface area contributed by atoms with Gasteiger partial charge in [-0.2, -0.15) is 0 Å². The lowest BCUT2D eigenvalue weighted by Crippen LogP contribution is -2.47. The summed E-state index contributed by atoms with van der Waals surface area (Å²) < 4.78 is 18.7. The van der Waals surface area contributed by atoms with Crippen molar-refractivity contribution in [1.82, 2.24) is 15.5 Å². The molecule has 2 aromatic rings. The van der Waals surface area contributed by atoms with Gasteiger partial charge < -0.3 is 15.4 Å². The number of nitrogens with one attached hydrogen (secondary N) is 2. The average Bonchev–Trinajstić information content (AvgIpc) is 2.76. The van der Waals surface area contributed by atoms with E-state index in [1.165, 1.54) is 12.1 Å². The molecule has 1 heterocycles. The molecule has 0 spiro atoms. The predicted molar refractivity (Wildman–Crippen MR) is 108 cm³/mol. The lowest BCUT2D eigenvalue weighted by Gasteiger charge is -2.34. The minimum absolute atomic E-state index is 0.152. The van der Waals surface area contributed by atoms with Gasteiger partial charge in [0.25, 0.3) is 0 Å². The van der Waals surface area contributed by atoms with Gasteiger partial charge in [-0.1, -0.05) is 42.5 Å². The number of carbonyl (C=O) groups is 2. The molecule has 3 rings (SSSR count). The van der Waals surface area contributed by atoms with E-state index >= 15 is 0 Å². The second-order valence-electron chi connectivity index (χ2n) is 6.92. The summed E-state index contributed by atoms with van der Waals surface area (Å²) in [5, 5.41) is 5.36.